The third kappa shape index (κ3) is 2.02. The molecule has 0 bridgehead atoms. The number of hydrogen-bond donors (Lipinski definition) is 2. The summed E-state index contributed by atoms with van der Waals surface area (Å²) in [5, 5.41) is 3.36. The number of H-pyrrole nitrogens is 1. The summed E-state index contributed by atoms with van der Waals surface area (Å²) >= 11 is 0. The van der Waals surface area contributed by atoms with Crippen LogP contribution in [0.5, 0.6) is 0 Å². The molecule has 2 N–H and O–H groups in total. The van der Waals surface area contributed by atoms with Gasteiger partial charge in [-0.2, -0.15) is 0 Å². The summed E-state index contributed by atoms with van der Waals surface area (Å²) in [6.45, 7) is 1.04. The molecule has 2 aromatic rings. The Morgan fingerprint density at radius 3 is 2.88 bits per heavy atom. The highest BCUT2D eigenvalue weighted by molar-refractivity contribution is 5.75. The molecule has 17 heavy (non-hydrogen) atoms. The van der Waals surface area contributed by atoms with Gasteiger partial charge >= 0.3 is 0 Å². The van der Waals surface area contributed by atoms with Crippen molar-refractivity contribution in [3.63, 3.8) is 0 Å². The second-order valence-electron chi connectivity index (χ2n) is 4.46. The molecular formula is C12H13F2N3. The van der Waals surface area contributed by atoms with Crippen molar-refractivity contribution in [2.75, 3.05) is 6.54 Å². The molecule has 2 heterocycles. The van der Waals surface area contributed by atoms with E-state index >= 15 is 0 Å². The second kappa shape index (κ2) is 4.07. The molecule has 1 aromatic carbocycles. The fourth-order valence-corrected chi connectivity index (χ4v) is 2.32. The third-order valence-electron chi connectivity index (χ3n) is 3.18. The van der Waals surface area contributed by atoms with E-state index in [0.29, 0.717) is 17.1 Å². The standard InChI is InChI=1S/C12H13F2N3/c13-8-5-10-11(6-9(8)14)17-12(16-10)4-7-2-1-3-15-7/h5-7,15H,1-4H2,(H,16,17)/t7-/m0/s1. The van der Waals surface area contributed by atoms with E-state index in [-0.39, 0.29) is 0 Å². The van der Waals surface area contributed by atoms with Gasteiger partial charge in [0.2, 0.25) is 0 Å². The van der Waals surface area contributed by atoms with Crippen molar-refractivity contribution in [2.24, 2.45) is 0 Å². The molecule has 1 saturated heterocycles. The molecule has 1 fully saturated rings. The Bertz CT molecular complexity index is 505. The summed E-state index contributed by atoms with van der Waals surface area (Å²) in [6, 6.07) is 2.71. The Kier molecular flexibility index (Phi) is 2.55. The number of halogens is 2. The molecule has 0 amide bonds. The highest BCUT2D eigenvalue weighted by Gasteiger charge is 2.16. The van der Waals surface area contributed by atoms with Gasteiger partial charge in [-0.1, -0.05) is 0 Å². The zero-order valence-electron chi connectivity index (χ0n) is 9.26. The average molecular weight is 237 g/mol. The zero-order chi connectivity index (χ0) is 11.8. The number of aromatic amines is 1. The lowest BCUT2D eigenvalue weighted by atomic mass is 10.1. The van der Waals surface area contributed by atoms with Crippen molar-refractivity contribution in [3.05, 3.63) is 29.6 Å². The van der Waals surface area contributed by atoms with E-state index in [2.05, 4.69) is 15.3 Å². The van der Waals surface area contributed by atoms with Crippen molar-refractivity contribution < 1.29 is 8.78 Å². The van der Waals surface area contributed by atoms with Gasteiger partial charge in [-0.3, -0.25) is 0 Å². The lowest BCUT2D eigenvalue weighted by Gasteiger charge is -2.06. The topological polar surface area (TPSA) is 40.7 Å². The highest BCUT2D eigenvalue weighted by Crippen LogP contribution is 2.18. The van der Waals surface area contributed by atoms with Crippen LogP contribution in [0.25, 0.3) is 11.0 Å². The van der Waals surface area contributed by atoms with E-state index < -0.39 is 11.6 Å². The molecule has 1 aliphatic heterocycles. The summed E-state index contributed by atoms with van der Waals surface area (Å²) in [4.78, 5) is 7.31. The minimum atomic E-state index is -0.852. The van der Waals surface area contributed by atoms with E-state index in [1.54, 1.807) is 0 Å². The monoisotopic (exact) mass is 237 g/mol. The van der Waals surface area contributed by atoms with Crippen molar-refractivity contribution in [3.8, 4) is 0 Å². The summed E-state index contributed by atoms with van der Waals surface area (Å²) in [5.41, 5.74) is 1.04. The Hall–Kier alpha value is -1.49. The van der Waals surface area contributed by atoms with Gasteiger partial charge in [0.1, 0.15) is 5.82 Å². The van der Waals surface area contributed by atoms with Crippen LogP contribution < -0.4 is 5.32 Å². The van der Waals surface area contributed by atoms with Crippen LogP contribution in [0.3, 0.4) is 0 Å². The fourth-order valence-electron chi connectivity index (χ4n) is 2.32. The van der Waals surface area contributed by atoms with Gasteiger partial charge in [-0.15, -0.1) is 0 Å². The van der Waals surface area contributed by atoms with Crippen LogP contribution in [-0.4, -0.2) is 22.6 Å². The Labute approximate surface area is 97.2 Å². The van der Waals surface area contributed by atoms with E-state index in [0.717, 1.165) is 37.3 Å². The number of imidazole rings is 1. The number of fused-ring (bicyclic) bond motifs is 1. The molecule has 5 heteroatoms. The van der Waals surface area contributed by atoms with Crippen LogP contribution in [0.15, 0.2) is 12.1 Å². The zero-order valence-corrected chi connectivity index (χ0v) is 9.26. The number of aromatic nitrogens is 2. The summed E-state index contributed by atoms with van der Waals surface area (Å²) in [6.07, 6.45) is 3.08. The number of rotatable bonds is 2. The van der Waals surface area contributed by atoms with Crippen LogP contribution in [0.1, 0.15) is 18.7 Å². The second-order valence-corrected chi connectivity index (χ2v) is 4.46. The average Bonchev–Trinajstić information content (AvgIpc) is 2.89. The minimum Gasteiger partial charge on any atom is -0.342 e. The van der Waals surface area contributed by atoms with Gasteiger partial charge in [0.15, 0.2) is 11.6 Å². The first kappa shape index (κ1) is 10.7. The summed E-state index contributed by atoms with van der Waals surface area (Å²) < 4.78 is 26.0. The highest BCUT2D eigenvalue weighted by atomic mass is 19.2. The van der Waals surface area contributed by atoms with Crippen LogP contribution in [0.4, 0.5) is 8.78 Å². The Morgan fingerprint density at radius 1 is 1.29 bits per heavy atom. The SMILES string of the molecule is Fc1cc2nc(C[C@@H]3CCCN3)[nH]c2cc1F. The van der Waals surface area contributed by atoms with Crippen molar-refractivity contribution in [1.29, 1.82) is 0 Å². The molecule has 0 unspecified atom stereocenters. The normalized spacial score (nSPS) is 20.2. The Balaban J connectivity index is 1.90. The quantitative estimate of drug-likeness (QED) is 0.840. The lowest BCUT2D eigenvalue weighted by Crippen LogP contribution is -2.24. The molecule has 1 aromatic heterocycles. The van der Waals surface area contributed by atoms with Gasteiger partial charge < -0.3 is 10.3 Å². The van der Waals surface area contributed by atoms with Crippen LogP contribution in [0.2, 0.25) is 0 Å². The first-order valence-electron chi connectivity index (χ1n) is 5.79. The van der Waals surface area contributed by atoms with Gasteiger partial charge in [0.05, 0.1) is 11.0 Å². The molecule has 0 spiro atoms. The molecule has 0 radical (unpaired) electrons. The lowest BCUT2D eigenvalue weighted by molar-refractivity contribution is 0.510. The molecule has 0 aliphatic carbocycles. The number of hydrogen-bond acceptors (Lipinski definition) is 2. The van der Waals surface area contributed by atoms with Gasteiger partial charge in [0, 0.05) is 24.6 Å². The maximum Gasteiger partial charge on any atom is 0.161 e. The maximum atomic E-state index is 13.0. The Morgan fingerprint density at radius 2 is 2.12 bits per heavy atom. The molecule has 1 atom stereocenters. The van der Waals surface area contributed by atoms with Crippen molar-refractivity contribution in [1.82, 2.24) is 15.3 Å². The maximum absolute atomic E-state index is 13.0. The molecule has 0 saturated carbocycles. The van der Waals surface area contributed by atoms with Gasteiger partial charge in [0.25, 0.3) is 0 Å². The first-order chi connectivity index (χ1) is 8.22. The fraction of sp³-hybridized carbons (Fsp3) is 0.417. The number of nitrogens with zero attached hydrogens (tertiary/aromatic N) is 1. The molecule has 3 nitrogen and oxygen atoms in total. The van der Waals surface area contributed by atoms with E-state index in [4.69, 9.17) is 0 Å². The first-order valence-corrected chi connectivity index (χ1v) is 5.79. The van der Waals surface area contributed by atoms with Crippen LogP contribution in [0, 0.1) is 11.6 Å². The van der Waals surface area contributed by atoms with Crippen molar-refractivity contribution in [2.45, 2.75) is 25.3 Å². The number of nitrogens with one attached hydrogen (secondary N) is 2. The van der Waals surface area contributed by atoms with Crippen molar-refractivity contribution >= 4 is 11.0 Å². The largest absolute Gasteiger partial charge is 0.342 e. The number of benzene rings is 1. The smallest absolute Gasteiger partial charge is 0.161 e. The van der Waals surface area contributed by atoms with E-state index in [1.165, 1.54) is 6.42 Å². The van der Waals surface area contributed by atoms with Gasteiger partial charge in [-0.25, -0.2) is 13.8 Å². The molecule has 1 aliphatic rings. The third-order valence-corrected chi connectivity index (χ3v) is 3.18. The van der Waals surface area contributed by atoms with Gasteiger partial charge in [-0.05, 0) is 19.4 Å². The predicted octanol–water partition coefficient (Wildman–Crippen LogP) is 2.14. The summed E-state index contributed by atoms with van der Waals surface area (Å²) in [5.74, 6) is -0.911. The molecule has 90 valence electrons. The van der Waals surface area contributed by atoms with Crippen LogP contribution in [-0.2, 0) is 6.42 Å². The summed E-state index contributed by atoms with van der Waals surface area (Å²) in [7, 11) is 0. The molecule has 3 rings (SSSR count). The van der Waals surface area contributed by atoms with E-state index in [1.807, 2.05) is 0 Å². The van der Waals surface area contributed by atoms with E-state index in [9.17, 15) is 8.78 Å². The molecular weight excluding hydrogens is 224 g/mol. The predicted molar refractivity (Wildman–Crippen MR) is 60.7 cm³/mol. The minimum absolute atomic E-state index is 0.422. The van der Waals surface area contributed by atoms with Crippen LogP contribution >= 0.6 is 0 Å².